The van der Waals surface area contributed by atoms with Crippen molar-refractivity contribution in [3.63, 3.8) is 0 Å². The van der Waals surface area contributed by atoms with Crippen molar-refractivity contribution in [2.75, 3.05) is 36.7 Å². The van der Waals surface area contributed by atoms with Gasteiger partial charge in [0.25, 0.3) is 0 Å². The van der Waals surface area contributed by atoms with E-state index in [-0.39, 0.29) is 21.9 Å². The quantitative estimate of drug-likeness (QED) is 0.292. The Hall–Kier alpha value is -3.33. The summed E-state index contributed by atoms with van der Waals surface area (Å²) in [7, 11) is 5.35. The average Bonchev–Trinajstić information content (AvgIpc) is 3.39. The van der Waals surface area contributed by atoms with E-state index in [9.17, 15) is 9.59 Å². The van der Waals surface area contributed by atoms with Crippen molar-refractivity contribution in [2.24, 2.45) is 5.41 Å². The van der Waals surface area contributed by atoms with E-state index < -0.39 is 35.1 Å². The van der Waals surface area contributed by atoms with Crippen LogP contribution in [0, 0.1) is 11.2 Å². The monoisotopic (exact) mass is 612 g/mol. The molecule has 2 aliphatic heterocycles. The summed E-state index contributed by atoms with van der Waals surface area (Å²) >= 11 is 12.6. The Morgan fingerprint density at radius 2 is 1.86 bits per heavy atom. The van der Waals surface area contributed by atoms with Gasteiger partial charge in [0.1, 0.15) is 17.0 Å². The molecule has 1 fully saturated rings. The normalized spacial score (nSPS) is 23.1. The molecule has 42 heavy (non-hydrogen) atoms. The van der Waals surface area contributed by atoms with Gasteiger partial charge in [-0.05, 0) is 53.3 Å². The van der Waals surface area contributed by atoms with Crippen LogP contribution in [-0.2, 0) is 15.0 Å². The molecule has 2 aliphatic rings. The van der Waals surface area contributed by atoms with E-state index in [1.165, 1.54) is 13.2 Å². The summed E-state index contributed by atoms with van der Waals surface area (Å²) in [6, 6.07) is 13.8. The highest BCUT2D eigenvalue weighted by Crippen LogP contribution is 2.57. The third-order valence-corrected chi connectivity index (χ3v) is 8.71. The second-order valence-corrected chi connectivity index (χ2v) is 13.2. The molecule has 5 rings (SSSR count). The Morgan fingerprint density at radius 3 is 2.52 bits per heavy atom. The minimum atomic E-state index is -1.33. The van der Waals surface area contributed by atoms with Crippen LogP contribution in [0.3, 0.4) is 0 Å². The smallest absolute Gasteiger partial charge is 0.242 e. The zero-order chi connectivity index (χ0) is 30.6. The van der Waals surface area contributed by atoms with E-state index in [0.29, 0.717) is 34.1 Å². The third kappa shape index (κ3) is 5.10. The minimum absolute atomic E-state index is 0.0863. The fourth-order valence-electron chi connectivity index (χ4n) is 6.42. The second-order valence-electron chi connectivity index (χ2n) is 12.4. The van der Waals surface area contributed by atoms with Gasteiger partial charge in [0, 0.05) is 48.5 Å². The van der Waals surface area contributed by atoms with Crippen LogP contribution in [0.25, 0.3) is 0 Å². The van der Waals surface area contributed by atoms with Gasteiger partial charge in [0.2, 0.25) is 11.8 Å². The molecule has 3 aromatic carbocycles. The lowest BCUT2D eigenvalue weighted by Crippen LogP contribution is -2.49. The van der Waals surface area contributed by atoms with Gasteiger partial charge in [-0.25, -0.2) is 4.39 Å². The number of ether oxygens (including phenoxy) is 1. The van der Waals surface area contributed by atoms with E-state index in [4.69, 9.17) is 27.9 Å². The van der Waals surface area contributed by atoms with E-state index in [0.717, 1.165) is 5.69 Å². The van der Waals surface area contributed by atoms with E-state index >= 15 is 4.39 Å². The van der Waals surface area contributed by atoms with Gasteiger partial charge >= 0.3 is 0 Å². The highest BCUT2D eigenvalue weighted by atomic mass is 35.5. The van der Waals surface area contributed by atoms with Crippen LogP contribution in [0.15, 0.2) is 54.6 Å². The molecule has 3 aromatic rings. The standard InChI is InChI=1S/C32H35Cl2FN4O3/c1-31(2,3)16-25-32(20-12-10-17(33)14-23(20)37-30(32)41)26(19-8-7-9-21(34)27(19)35)28(38-25)29(40)36-22-13-11-18(39(4)5)15-24(22)42-6/h7-15,25-26,28,38H,16H2,1-6H3,(H,36,40)(H,37,41)/t25-,26-,28+,32+/m0/s1. The predicted octanol–water partition coefficient (Wildman–Crippen LogP) is 6.60. The number of amides is 2. The Morgan fingerprint density at radius 1 is 1.12 bits per heavy atom. The third-order valence-electron chi connectivity index (χ3n) is 8.18. The van der Waals surface area contributed by atoms with Crippen LogP contribution in [0.4, 0.5) is 21.5 Å². The summed E-state index contributed by atoms with van der Waals surface area (Å²) in [5, 5.41) is 9.83. The Labute approximate surface area is 255 Å². The number of rotatable bonds is 6. The molecule has 0 bridgehead atoms. The molecule has 1 saturated heterocycles. The van der Waals surface area contributed by atoms with Crippen molar-refractivity contribution in [3.05, 3.63) is 81.6 Å². The molecular weight excluding hydrogens is 578 g/mol. The average molecular weight is 614 g/mol. The van der Waals surface area contributed by atoms with Gasteiger partial charge in [-0.3, -0.25) is 9.59 Å². The minimum Gasteiger partial charge on any atom is -0.494 e. The summed E-state index contributed by atoms with van der Waals surface area (Å²) < 4.78 is 21.5. The number of halogens is 3. The first-order valence-corrected chi connectivity index (χ1v) is 14.5. The molecule has 0 saturated carbocycles. The fourth-order valence-corrected chi connectivity index (χ4v) is 6.78. The SMILES string of the molecule is COc1cc(N(C)C)ccc1NC(=O)[C@@H]1N[C@@H](CC(C)(C)C)[C@@]2(C(=O)Nc3cc(Cl)ccc32)[C@H]1c1cccc(Cl)c1F. The number of fused-ring (bicyclic) bond motifs is 2. The molecule has 7 nitrogen and oxygen atoms in total. The summed E-state index contributed by atoms with van der Waals surface area (Å²) in [5.74, 6) is -1.89. The van der Waals surface area contributed by atoms with Crippen LogP contribution in [-0.4, -0.2) is 45.1 Å². The fraction of sp³-hybridized carbons (Fsp3) is 0.375. The maximum absolute atomic E-state index is 16.0. The largest absolute Gasteiger partial charge is 0.494 e. The van der Waals surface area contributed by atoms with Crippen molar-refractivity contribution in [1.29, 1.82) is 0 Å². The molecule has 222 valence electrons. The number of methoxy groups -OCH3 is 1. The lowest BCUT2D eigenvalue weighted by Gasteiger charge is -2.37. The van der Waals surface area contributed by atoms with E-state index in [2.05, 4.69) is 36.7 Å². The number of hydrogen-bond acceptors (Lipinski definition) is 5. The lowest BCUT2D eigenvalue weighted by atomic mass is 9.62. The van der Waals surface area contributed by atoms with Gasteiger partial charge in [0.15, 0.2) is 0 Å². The summed E-state index contributed by atoms with van der Waals surface area (Å²) in [6.45, 7) is 6.20. The van der Waals surface area contributed by atoms with Crippen molar-refractivity contribution < 1.29 is 18.7 Å². The van der Waals surface area contributed by atoms with Crippen molar-refractivity contribution in [2.45, 2.75) is 50.6 Å². The van der Waals surface area contributed by atoms with Gasteiger partial charge < -0.3 is 25.6 Å². The van der Waals surface area contributed by atoms with Crippen LogP contribution in [0.2, 0.25) is 10.0 Å². The number of hydrogen-bond donors (Lipinski definition) is 3. The molecule has 0 aromatic heterocycles. The van der Waals surface area contributed by atoms with Crippen LogP contribution < -0.4 is 25.6 Å². The van der Waals surface area contributed by atoms with Gasteiger partial charge in [-0.15, -0.1) is 0 Å². The first-order valence-electron chi connectivity index (χ1n) is 13.8. The van der Waals surface area contributed by atoms with Crippen LogP contribution in [0.5, 0.6) is 5.75 Å². The molecule has 0 unspecified atom stereocenters. The van der Waals surface area contributed by atoms with E-state index in [1.807, 2.05) is 31.1 Å². The van der Waals surface area contributed by atoms with Gasteiger partial charge in [-0.2, -0.15) is 0 Å². The maximum atomic E-state index is 16.0. The maximum Gasteiger partial charge on any atom is 0.242 e. The topological polar surface area (TPSA) is 82.7 Å². The number of nitrogens with one attached hydrogen (secondary N) is 3. The number of carbonyl (C=O) groups is 2. The molecule has 0 radical (unpaired) electrons. The van der Waals surface area contributed by atoms with Gasteiger partial charge in [0.05, 0.1) is 23.9 Å². The van der Waals surface area contributed by atoms with Crippen molar-refractivity contribution in [3.8, 4) is 5.75 Å². The van der Waals surface area contributed by atoms with Crippen molar-refractivity contribution >= 4 is 52.1 Å². The highest BCUT2D eigenvalue weighted by molar-refractivity contribution is 6.31. The number of anilines is 3. The molecule has 3 N–H and O–H groups in total. The van der Waals surface area contributed by atoms with E-state index in [1.54, 1.807) is 36.4 Å². The first kappa shape index (κ1) is 30.1. The van der Waals surface area contributed by atoms with Crippen LogP contribution in [0.1, 0.15) is 44.2 Å². The predicted molar refractivity (Wildman–Crippen MR) is 167 cm³/mol. The summed E-state index contributed by atoms with van der Waals surface area (Å²) in [5.41, 5.74) is 1.16. The first-order chi connectivity index (χ1) is 19.8. The molecule has 0 aliphatic carbocycles. The molecule has 2 heterocycles. The Kier molecular flexibility index (Phi) is 7.94. The summed E-state index contributed by atoms with van der Waals surface area (Å²) in [6.07, 6.45) is 0.520. The molecule has 1 spiro atoms. The van der Waals surface area contributed by atoms with Gasteiger partial charge in [-0.1, -0.05) is 62.2 Å². The Bertz CT molecular complexity index is 1560. The number of carbonyl (C=O) groups excluding carboxylic acids is 2. The molecule has 2 amide bonds. The zero-order valence-electron chi connectivity index (χ0n) is 24.4. The molecular formula is C32H35Cl2FN4O3. The lowest BCUT2D eigenvalue weighted by molar-refractivity contribution is -0.122. The molecule has 10 heteroatoms. The number of nitrogens with zero attached hydrogens (tertiary/aromatic N) is 1. The summed E-state index contributed by atoms with van der Waals surface area (Å²) in [4.78, 5) is 30.4. The second kappa shape index (κ2) is 11.1. The van der Waals surface area contributed by atoms with Crippen LogP contribution >= 0.6 is 23.2 Å². The Balaban J connectivity index is 1.70. The molecule has 4 atom stereocenters. The van der Waals surface area contributed by atoms with Crippen molar-refractivity contribution in [1.82, 2.24) is 5.32 Å². The number of benzene rings is 3. The zero-order valence-corrected chi connectivity index (χ0v) is 26.0. The highest BCUT2D eigenvalue weighted by Gasteiger charge is 2.66.